The van der Waals surface area contributed by atoms with E-state index in [1.165, 1.54) is 0 Å². The SMILES string of the molecule is NC(OC(=O)/C=C\C(=O)OC(N)C(=O)NCC(c1ccccc1)c1cccs1)C(=O)NCC(c1ccccc1)c1cccs1. The number of hydrogen-bond donors (Lipinski definition) is 4. The van der Waals surface area contributed by atoms with Crippen LogP contribution < -0.4 is 22.1 Å². The van der Waals surface area contributed by atoms with E-state index in [4.69, 9.17) is 20.9 Å². The Balaban J connectivity index is 1.22. The van der Waals surface area contributed by atoms with E-state index in [9.17, 15) is 19.2 Å². The van der Waals surface area contributed by atoms with Crippen molar-refractivity contribution in [2.45, 2.75) is 24.3 Å². The summed E-state index contributed by atoms with van der Waals surface area (Å²) >= 11 is 3.12. The Labute approximate surface area is 262 Å². The highest BCUT2D eigenvalue weighted by atomic mass is 32.1. The normalized spacial score (nSPS) is 13.8. The minimum Gasteiger partial charge on any atom is -0.434 e. The van der Waals surface area contributed by atoms with E-state index in [1.807, 2.05) is 95.7 Å². The van der Waals surface area contributed by atoms with Crippen LogP contribution >= 0.6 is 22.7 Å². The first kappa shape index (κ1) is 32.3. The lowest BCUT2D eigenvalue weighted by Gasteiger charge is -2.19. The van der Waals surface area contributed by atoms with Gasteiger partial charge >= 0.3 is 11.9 Å². The van der Waals surface area contributed by atoms with Gasteiger partial charge in [-0.1, -0.05) is 72.8 Å². The molecule has 6 N–H and O–H groups in total. The van der Waals surface area contributed by atoms with E-state index in [-0.39, 0.29) is 24.9 Å². The third-order valence-electron chi connectivity index (χ3n) is 6.50. The van der Waals surface area contributed by atoms with Gasteiger partial charge in [-0.25, -0.2) is 9.59 Å². The largest absolute Gasteiger partial charge is 0.434 e. The maximum absolute atomic E-state index is 12.5. The molecule has 2 aromatic carbocycles. The molecule has 0 fully saturated rings. The first-order valence-corrected chi connectivity index (χ1v) is 15.4. The quantitative estimate of drug-likeness (QED) is 0.0936. The van der Waals surface area contributed by atoms with Gasteiger partial charge in [-0.15, -0.1) is 22.7 Å². The summed E-state index contributed by atoms with van der Waals surface area (Å²) in [5.74, 6) is -3.74. The van der Waals surface area contributed by atoms with Gasteiger partial charge in [0.2, 0.25) is 12.5 Å². The number of hydrogen-bond acceptors (Lipinski definition) is 10. The molecule has 0 saturated heterocycles. The molecule has 10 nitrogen and oxygen atoms in total. The first-order valence-electron chi connectivity index (χ1n) is 13.6. The van der Waals surface area contributed by atoms with Crippen LogP contribution in [0.5, 0.6) is 0 Å². The molecule has 228 valence electrons. The van der Waals surface area contributed by atoms with Crippen LogP contribution in [0.1, 0.15) is 32.7 Å². The van der Waals surface area contributed by atoms with E-state index >= 15 is 0 Å². The highest BCUT2D eigenvalue weighted by Gasteiger charge is 2.23. The molecule has 2 aromatic heterocycles. The zero-order valence-electron chi connectivity index (χ0n) is 23.5. The fraction of sp³-hybridized carbons (Fsp3) is 0.188. The minimum atomic E-state index is -1.61. The maximum atomic E-state index is 12.5. The molecule has 0 aliphatic carbocycles. The van der Waals surface area contributed by atoms with Crippen molar-refractivity contribution in [3.8, 4) is 0 Å². The zero-order chi connectivity index (χ0) is 31.3. The first-order chi connectivity index (χ1) is 21.3. The van der Waals surface area contributed by atoms with E-state index in [1.54, 1.807) is 22.7 Å². The van der Waals surface area contributed by atoms with Crippen molar-refractivity contribution in [2.75, 3.05) is 13.1 Å². The zero-order valence-corrected chi connectivity index (χ0v) is 25.2. The molecular weight excluding hydrogens is 601 g/mol. The third-order valence-corrected chi connectivity index (χ3v) is 8.47. The molecule has 12 heteroatoms. The Morgan fingerprint density at radius 1 is 0.614 bits per heavy atom. The predicted octanol–water partition coefficient (Wildman–Crippen LogP) is 3.22. The fourth-order valence-corrected chi connectivity index (χ4v) is 6.00. The lowest BCUT2D eigenvalue weighted by Crippen LogP contribution is -2.45. The summed E-state index contributed by atoms with van der Waals surface area (Å²) in [7, 11) is 0. The standard InChI is InChI=1S/C32H32N4O6S2/c33-29(31(39)35-19-23(25-13-7-17-43-25)21-9-3-1-4-10-21)41-27(37)15-16-28(38)42-30(34)32(40)36-20-24(26-14-8-18-44-26)22-11-5-2-6-12-22/h1-18,23-24,29-30H,19-20,33-34H2,(H,35,39)(H,36,40)/b16-15-. The number of nitrogens with two attached hydrogens (primary N) is 2. The molecule has 0 aliphatic heterocycles. The number of ether oxygens (including phenoxy) is 2. The molecular formula is C32H32N4O6S2. The second kappa shape index (κ2) is 16.3. The van der Waals surface area contributed by atoms with E-state index in [0.717, 1.165) is 33.0 Å². The Morgan fingerprint density at radius 2 is 1.00 bits per heavy atom. The van der Waals surface area contributed by atoms with Gasteiger partial charge < -0.3 is 20.1 Å². The molecule has 44 heavy (non-hydrogen) atoms. The Kier molecular flexibility index (Phi) is 12.0. The third kappa shape index (κ3) is 9.44. The van der Waals surface area contributed by atoms with Crippen molar-refractivity contribution in [3.05, 3.63) is 129 Å². The summed E-state index contributed by atoms with van der Waals surface area (Å²) in [4.78, 5) is 51.5. The summed E-state index contributed by atoms with van der Waals surface area (Å²) in [6, 6.07) is 27.1. The Hall–Kier alpha value is -4.62. The molecule has 4 atom stereocenters. The minimum absolute atomic E-state index is 0.112. The van der Waals surface area contributed by atoms with Crippen LogP contribution in [-0.4, -0.2) is 49.3 Å². The number of esters is 2. The highest BCUT2D eigenvalue weighted by molar-refractivity contribution is 7.10. The topological polar surface area (TPSA) is 163 Å². The summed E-state index contributed by atoms with van der Waals surface area (Å²) in [6.07, 6.45) is -1.75. The van der Waals surface area contributed by atoms with Crippen molar-refractivity contribution in [1.82, 2.24) is 10.6 Å². The van der Waals surface area contributed by atoms with Gasteiger partial charge in [-0.05, 0) is 34.0 Å². The Bertz CT molecular complexity index is 1410. The Morgan fingerprint density at radius 3 is 1.34 bits per heavy atom. The molecule has 4 rings (SSSR count). The maximum Gasteiger partial charge on any atom is 0.333 e. The van der Waals surface area contributed by atoms with Crippen LogP contribution in [0, 0.1) is 0 Å². The number of benzene rings is 2. The number of carbonyl (C=O) groups is 4. The summed E-state index contributed by atoms with van der Waals surface area (Å²) in [5, 5.41) is 9.31. The molecule has 2 heterocycles. The van der Waals surface area contributed by atoms with Crippen molar-refractivity contribution in [3.63, 3.8) is 0 Å². The van der Waals surface area contributed by atoms with Crippen LogP contribution in [0.15, 0.2) is 108 Å². The van der Waals surface area contributed by atoms with Gasteiger partial charge in [0, 0.05) is 46.8 Å². The lowest BCUT2D eigenvalue weighted by atomic mass is 9.97. The number of thiophene rings is 2. The van der Waals surface area contributed by atoms with Crippen molar-refractivity contribution in [1.29, 1.82) is 0 Å². The van der Waals surface area contributed by atoms with Gasteiger partial charge in [0.05, 0.1) is 0 Å². The second-order valence-electron chi connectivity index (χ2n) is 9.50. The molecule has 0 spiro atoms. The molecule has 0 aliphatic rings. The monoisotopic (exact) mass is 632 g/mol. The van der Waals surface area contributed by atoms with Gasteiger partial charge in [0.25, 0.3) is 11.8 Å². The number of carbonyl (C=O) groups excluding carboxylic acids is 4. The van der Waals surface area contributed by atoms with Crippen LogP contribution in [0.25, 0.3) is 0 Å². The van der Waals surface area contributed by atoms with Crippen molar-refractivity contribution in [2.24, 2.45) is 11.5 Å². The van der Waals surface area contributed by atoms with Gasteiger partial charge in [-0.3, -0.25) is 21.1 Å². The van der Waals surface area contributed by atoms with Crippen molar-refractivity contribution >= 4 is 46.4 Å². The van der Waals surface area contributed by atoms with Gasteiger partial charge in [0.15, 0.2) is 0 Å². The van der Waals surface area contributed by atoms with Gasteiger partial charge in [-0.2, -0.15) is 0 Å². The predicted molar refractivity (Wildman–Crippen MR) is 169 cm³/mol. The molecule has 0 radical (unpaired) electrons. The van der Waals surface area contributed by atoms with Crippen LogP contribution in [-0.2, 0) is 28.7 Å². The molecule has 2 amide bonds. The average molecular weight is 633 g/mol. The molecule has 0 saturated carbocycles. The van der Waals surface area contributed by atoms with Crippen LogP contribution in [0.4, 0.5) is 0 Å². The fourth-order valence-electron chi connectivity index (χ4n) is 4.29. The number of nitrogens with one attached hydrogen (secondary N) is 2. The molecule has 0 bridgehead atoms. The van der Waals surface area contributed by atoms with Gasteiger partial charge in [0.1, 0.15) is 0 Å². The molecule has 4 unspecified atom stereocenters. The van der Waals surface area contributed by atoms with E-state index < -0.39 is 36.2 Å². The highest BCUT2D eigenvalue weighted by Crippen LogP contribution is 2.28. The van der Waals surface area contributed by atoms with E-state index in [0.29, 0.717) is 0 Å². The average Bonchev–Trinajstić information content (AvgIpc) is 3.77. The smallest absolute Gasteiger partial charge is 0.333 e. The lowest BCUT2D eigenvalue weighted by molar-refractivity contribution is -0.152. The van der Waals surface area contributed by atoms with Crippen LogP contribution in [0.2, 0.25) is 0 Å². The van der Waals surface area contributed by atoms with E-state index in [2.05, 4.69) is 10.6 Å². The summed E-state index contributed by atoms with van der Waals surface area (Å²) in [6.45, 7) is 0.465. The second-order valence-corrected chi connectivity index (χ2v) is 11.5. The summed E-state index contributed by atoms with van der Waals surface area (Å²) < 4.78 is 9.82. The number of amides is 2. The summed E-state index contributed by atoms with van der Waals surface area (Å²) in [5.41, 5.74) is 13.5. The number of rotatable bonds is 14. The van der Waals surface area contributed by atoms with Crippen LogP contribution in [0.3, 0.4) is 0 Å². The molecule has 4 aromatic rings. The van der Waals surface area contributed by atoms with Crippen molar-refractivity contribution < 1.29 is 28.7 Å².